The van der Waals surface area contributed by atoms with Gasteiger partial charge in [-0.25, -0.2) is 8.78 Å². The Hall–Kier alpha value is -1.74. The molecule has 1 heterocycles. The van der Waals surface area contributed by atoms with Gasteiger partial charge in [0, 0.05) is 18.7 Å². The molecule has 3 rings (SSSR count). The lowest BCUT2D eigenvalue weighted by Gasteiger charge is -2.25. The SMILES string of the molecule is Cc1cccc([C@H]2CCCN2Cc2cc(F)cc(F)c2)c1. The van der Waals surface area contributed by atoms with Gasteiger partial charge in [-0.3, -0.25) is 4.90 Å². The van der Waals surface area contributed by atoms with E-state index in [-0.39, 0.29) is 0 Å². The summed E-state index contributed by atoms with van der Waals surface area (Å²) in [6.45, 7) is 3.65. The Morgan fingerprint density at radius 1 is 1.10 bits per heavy atom. The molecule has 1 saturated heterocycles. The highest BCUT2D eigenvalue weighted by atomic mass is 19.1. The van der Waals surface area contributed by atoms with E-state index >= 15 is 0 Å². The van der Waals surface area contributed by atoms with Crippen molar-refractivity contribution >= 4 is 0 Å². The van der Waals surface area contributed by atoms with Gasteiger partial charge in [0.25, 0.3) is 0 Å². The van der Waals surface area contributed by atoms with Crippen LogP contribution in [0, 0.1) is 18.6 Å². The van der Waals surface area contributed by atoms with E-state index in [4.69, 9.17) is 0 Å². The molecule has 1 aliphatic heterocycles. The Bertz CT molecular complexity index is 619. The normalized spacial score (nSPS) is 19.1. The molecular formula is C18H19F2N. The van der Waals surface area contributed by atoms with Gasteiger partial charge in [0.05, 0.1) is 0 Å². The second kappa shape index (κ2) is 5.94. The average molecular weight is 287 g/mol. The summed E-state index contributed by atoms with van der Waals surface area (Å²) in [6, 6.07) is 12.6. The van der Waals surface area contributed by atoms with E-state index in [1.807, 2.05) is 0 Å². The van der Waals surface area contributed by atoms with Crippen molar-refractivity contribution in [2.75, 3.05) is 6.54 Å². The molecule has 0 bridgehead atoms. The van der Waals surface area contributed by atoms with E-state index in [2.05, 4.69) is 36.1 Å². The minimum atomic E-state index is -0.503. The molecule has 21 heavy (non-hydrogen) atoms. The van der Waals surface area contributed by atoms with Crippen LogP contribution in [-0.2, 0) is 6.54 Å². The highest BCUT2D eigenvalue weighted by molar-refractivity contribution is 5.26. The first-order valence-corrected chi connectivity index (χ1v) is 7.37. The monoisotopic (exact) mass is 287 g/mol. The summed E-state index contributed by atoms with van der Waals surface area (Å²) in [4.78, 5) is 2.31. The summed E-state index contributed by atoms with van der Waals surface area (Å²) in [5, 5.41) is 0. The summed E-state index contributed by atoms with van der Waals surface area (Å²) in [5.74, 6) is -1.01. The Morgan fingerprint density at radius 3 is 2.57 bits per heavy atom. The molecule has 1 atom stereocenters. The number of aryl methyl sites for hydroxylation is 1. The molecule has 0 aromatic heterocycles. The van der Waals surface area contributed by atoms with Crippen molar-refractivity contribution in [2.45, 2.75) is 32.4 Å². The molecule has 2 aromatic carbocycles. The molecule has 1 aliphatic rings. The van der Waals surface area contributed by atoms with Crippen molar-refractivity contribution in [1.82, 2.24) is 4.90 Å². The molecule has 110 valence electrons. The van der Waals surface area contributed by atoms with E-state index in [1.165, 1.54) is 23.3 Å². The first-order chi connectivity index (χ1) is 10.1. The molecule has 0 aliphatic carbocycles. The van der Waals surface area contributed by atoms with Crippen molar-refractivity contribution in [1.29, 1.82) is 0 Å². The van der Waals surface area contributed by atoms with Crippen LogP contribution >= 0.6 is 0 Å². The van der Waals surface area contributed by atoms with Crippen molar-refractivity contribution in [3.8, 4) is 0 Å². The Labute approximate surface area is 124 Å². The molecule has 0 saturated carbocycles. The van der Waals surface area contributed by atoms with Gasteiger partial charge in [-0.1, -0.05) is 29.8 Å². The molecule has 2 aromatic rings. The Balaban J connectivity index is 1.81. The highest BCUT2D eigenvalue weighted by Crippen LogP contribution is 2.33. The number of rotatable bonds is 3. The van der Waals surface area contributed by atoms with Gasteiger partial charge in [-0.05, 0) is 49.6 Å². The minimum Gasteiger partial charge on any atom is -0.292 e. The van der Waals surface area contributed by atoms with E-state index in [1.54, 1.807) is 0 Å². The van der Waals surface area contributed by atoms with E-state index < -0.39 is 11.6 Å². The summed E-state index contributed by atoms with van der Waals surface area (Å²) >= 11 is 0. The predicted molar refractivity (Wildman–Crippen MR) is 79.9 cm³/mol. The third kappa shape index (κ3) is 3.30. The van der Waals surface area contributed by atoms with Crippen molar-refractivity contribution in [2.24, 2.45) is 0 Å². The first-order valence-electron chi connectivity index (χ1n) is 7.37. The van der Waals surface area contributed by atoms with Crippen LogP contribution < -0.4 is 0 Å². The zero-order valence-electron chi connectivity index (χ0n) is 12.2. The van der Waals surface area contributed by atoms with Crippen LogP contribution in [-0.4, -0.2) is 11.4 Å². The zero-order valence-corrected chi connectivity index (χ0v) is 12.2. The van der Waals surface area contributed by atoms with E-state index in [9.17, 15) is 8.78 Å². The maximum Gasteiger partial charge on any atom is 0.126 e. The molecule has 0 unspecified atom stereocenters. The van der Waals surface area contributed by atoms with Gasteiger partial charge in [-0.2, -0.15) is 0 Å². The summed E-state index contributed by atoms with van der Waals surface area (Å²) in [5.41, 5.74) is 3.24. The predicted octanol–water partition coefficient (Wildman–Crippen LogP) is 4.61. The summed E-state index contributed by atoms with van der Waals surface area (Å²) < 4.78 is 26.6. The van der Waals surface area contributed by atoms with Crippen LogP contribution in [0.2, 0.25) is 0 Å². The fourth-order valence-corrected chi connectivity index (χ4v) is 3.21. The lowest BCUT2D eigenvalue weighted by Crippen LogP contribution is -2.23. The fraction of sp³-hybridized carbons (Fsp3) is 0.333. The molecule has 0 amide bonds. The Kier molecular flexibility index (Phi) is 4.02. The number of halogens is 2. The van der Waals surface area contributed by atoms with Gasteiger partial charge in [0.1, 0.15) is 11.6 Å². The number of likely N-dealkylation sites (tertiary alicyclic amines) is 1. The number of benzene rings is 2. The fourth-order valence-electron chi connectivity index (χ4n) is 3.21. The molecule has 0 spiro atoms. The van der Waals surface area contributed by atoms with Gasteiger partial charge in [0.15, 0.2) is 0 Å². The van der Waals surface area contributed by atoms with Crippen molar-refractivity contribution < 1.29 is 8.78 Å². The van der Waals surface area contributed by atoms with Gasteiger partial charge >= 0.3 is 0 Å². The van der Waals surface area contributed by atoms with Crippen molar-refractivity contribution in [3.05, 3.63) is 70.8 Å². The maximum absolute atomic E-state index is 13.3. The zero-order chi connectivity index (χ0) is 14.8. The largest absolute Gasteiger partial charge is 0.292 e. The number of hydrogen-bond donors (Lipinski definition) is 0. The summed E-state index contributed by atoms with van der Waals surface area (Å²) in [6.07, 6.45) is 2.22. The molecular weight excluding hydrogens is 268 g/mol. The average Bonchev–Trinajstić information content (AvgIpc) is 2.85. The molecule has 1 nitrogen and oxygen atoms in total. The van der Waals surface area contributed by atoms with Crippen LogP contribution in [0.5, 0.6) is 0 Å². The van der Waals surface area contributed by atoms with Crippen LogP contribution in [0.4, 0.5) is 8.78 Å². The van der Waals surface area contributed by atoms with Gasteiger partial charge < -0.3 is 0 Å². The quantitative estimate of drug-likeness (QED) is 0.797. The number of nitrogens with zero attached hydrogens (tertiary/aromatic N) is 1. The first kappa shape index (κ1) is 14.2. The smallest absolute Gasteiger partial charge is 0.126 e. The van der Waals surface area contributed by atoms with E-state index in [0.717, 1.165) is 25.5 Å². The second-order valence-corrected chi connectivity index (χ2v) is 5.82. The lowest BCUT2D eigenvalue weighted by atomic mass is 10.0. The van der Waals surface area contributed by atoms with Gasteiger partial charge in [0.2, 0.25) is 0 Å². The Morgan fingerprint density at radius 2 is 1.86 bits per heavy atom. The lowest BCUT2D eigenvalue weighted by molar-refractivity contribution is 0.248. The third-order valence-electron chi connectivity index (χ3n) is 4.10. The van der Waals surface area contributed by atoms with Crippen LogP contribution in [0.3, 0.4) is 0 Å². The topological polar surface area (TPSA) is 3.24 Å². The maximum atomic E-state index is 13.3. The van der Waals surface area contributed by atoms with Crippen LogP contribution in [0.1, 0.15) is 35.6 Å². The van der Waals surface area contributed by atoms with Crippen LogP contribution in [0.15, 0.2) is 42.5 Å². The minimum absolute atomic E-state index is 0.344. The standard InChI is InChI=1S/C18H19F2N/c1-13-4-2-5-15(8-13)18-6-3-7-21(18)12-14-9-16(19)11-17(20)10-14/h2,4-5,8-11,18H,3,6-7,12H2,1H3/t18-/m1/s1. The number of hydrogen-bond acceptors (Lipinski definition) is 1. The third-order valence-corrected chi connectivity index (χ3v) is 4.10. The molecule has 3 heteroatoms. The molecule has 0 N–H and O–H groups in total. The highest BCUT2D eigenvalue weighted by Gasteiger charge is 2.26. The van der Waals surface area contributed by atoms with Crippen LogP contribution in [0.25, 0.3) is 0 Å². The molecule has 0 radical (unpaired) electrons. The van der Waals surface area contributed by atoms with Crippen molar-refractivity contribution in [3.63, 3.8) is 0 Å². The summed E-state index contributed by atoms with van der Waals surface area (Å²) in [7, 11) is 0. The second-order valence-electron chi connectivity index (χ2n) is 5.82. The van der Waals surface area contributed by atoms with Gasteiger partial charge in [-0.15, -0.1) is 0 Å². The molecule has 1 fully saturated rings. The van der Waals surface area contributed by atoms with E-state index in [0.29, 0.717) is 18.2 Å².